The second-order valence-corrected chi connectivity index (χ2v) is 16.4. The quantitative estimate of drug-likeness (QED) is 0.138. The minimum absolute atomic E-state index is 0.0129. The highest BCUT2D eigenvalue weighted by molar-refractivity contribution is 8.07. The molecule has 3 aliphatic rings. The number of aromatic nitrogens is 8. The van der Waals surface area contributed by atoms with E-state index in [1.54, 1.807) is 24.3 Å². The van der Waals surface area contributed by atoms with Crippen molar-refractivity contribution < 1.29 is 49.9 Å². The molecule has 5 aromatic rings. The first-order chi connectivity index (χ1) is 25.8. The van der Waals surface area contributed by atoms with Gasteiger partial charge in [0.2, 0.25) is 5.95 Å². The van der Waals surface area contributed by atoms with Gasteiger partial charge in [0.1, 0.15) is 48.1 Å². The second-order valence-electron chi connectivity index (χ2n) is 12.3. The molecule has 26 heteroatoms. The van der Waals surface area contributed by atoms with Crippen LogP contribution in [-0.2, 0) is 56.2 Å². The van der Waals surface area contributed by atoms with Gasteiger partial charge in [0.25, 0.3) is 5.56 Å². The Morgan fingerprint density at radius 1 is 1.04 bits per heavy atom. The van der Waals surface area contributed by atoms with Crippen LogP contribution in [-0.4, -0.2) is 109 Å². The number of aromatic amines is 1. The molecule has 54 heavy (non-hydrogen) atoms. The number of nitrogens with zero attached hydrogens (tertiary/aromatic N) is 7. The smallest absolute Gasteiger partial charge is 0.336 e. The molecule has 3 fully saturated rings. The molecular weight excluding hydrogens is 780 g/mol. The van der Waals surface area contributed by atoms with Crippen molar-refractivity contribution >= 4 is 62.9 Å². The van der Waals surface area contributed by atoms with E-state index >= 15 is 4.39 Å². The maximum absolute atomic E-state index is 16.2. The maximum Gasteiger partial charge on any atom is 0.336 e. The third-order valence-corrected chi connectivity index (χ3v) is 11.5. The average Bonchev–Trinajstić information content (AvgIpc) is 3.90. The van der Waals surface area contributed by atoms with Crippen molar-refractivity contribution in [2.75, 3.05) is 31.7 Å². The van der Waals surface area contributed by atoms with Crippen LogP contribution in [0.5, 0.6) is 5.75 Å². The van der Waals surface area contributed by atoms with Gasteiger partial charge in [-0.15, -0.1) is 0 Å². The van der Waals surface area contributed by atoms with Crippen molar-refractivity contribution in [2.45, 2.75) is 55.8 Å². The number of methoxy groups -OCH3 is 1. The number of nitrogens with one attached hydrogen (secondary N) is 2. The second kappa shape index (κ2) is 14.1. The summed E-state index contributed by atoms with van der Waals surface area (Å²) in [6.45, 7) is -5.54. The number of ether oxygens (including phenoxy) is 4. The van der Waals surface area contributed by atoms with Crippen molar-refractivity contribution in [1.82, 2.24) is 43.8 Å². The molecule has 7 heterocycles. The standard InChI is InChI=1S/C28H31FN11O11PS2/c1-45-13-4-2-12(3-5-13)7-46-21-20-14(48-27(21)39-10-34-17-22(30)32-9-33-23(17)39)6-36-54(43,44)51-19-15(8-47-52(42,53)50-20)49-26(16(19)29)40-11-35-18-24(40)37-28(31)38-25(18)41/h2-5,9-11,14-16,19-21,26-27,36H,6-8H2,1H3,(H,42,53)(H2,30,32,33)(H3,31,37,38,41)/t14-,15-,16-,19-,20-,21?,26-,27-,52?/m1/s1. The van der Waals surface area contributed by atoms with Gasteiger partial charge >= 0.3 is 17.0 Å². The summed E-state index contributed by atoms with van der Waals surface area (Å²) < 4.78 is 88.7. The van der Waals surface area contributed by atoms with E-state index in [1.165, 1.54) is 24.3 Å². The zero-order valence-corrected chi connectivity index (χ0v) is 30.3. The molecule has 22 nitrogen and oxygen atoms in total. The van der Waals surface area contributed by atoms with E-state index in [-0.39, 0.29) is 40.7 Å². The Hall–Kier alpha value is -4.27. The summed E-state index contributed by atoms with van der Waals surface area (Å²) in [5.74, 6) is 0.432. The lowest BCUT2D eigenvalue weighted by Gasteiger charge is -2.29. The predicted molar refractivity (Wildman–Crippen MR) is 186 cm³/mol. The third kappa shape index (κ3) is 6.92. The van der Waals surface area contributed by atoms with Crippen LogP contribution in [0.25, 0.3) is 22.3 Å². The van der Waals surface area contributed by atoms with Crippen molar-refractivity contribution in [2.24, 2.45) is 0 Å². The van der Waals surface area contributed by atoms with Crippen LogP contribution in [0.1, 0.15) is 18.0 Å². The number of anilines is 2. The number of nitrogens with two attached hydrogens (primary N) is 2. The molecule has 288 valence electrons. The maximum atomic E-state index is 16.2. The zero-order chi connectivity index (χ0) is 37.9. The number of benzene rings is 1. The number of halogens is 1. The Morgan fingerprint density at radius 3 is 2.52 bits per heavy atom. The fraction of sp³-hybridized carbons (Fsp3) is 0.429. The summed E-state index contributed by atoms with van der Waals surface area (Å²) in [5, 5.41) is 0. The summed E-state index contributed by atoms with van der Waals surface area (Å²) in [6, 6.07) is 7.02. The van der Waals surface area contributed by atoms with Gasteiger partial charge in [0.15, 0.2) is 41.3 Å². The van der Waals surface area contributed by atoms with Crippen molar-refractivity contribution in [3.63, 3.8) is 0 Å². The number of hydrogen-bond acceptors (Lipinski definition) is 18. The molecule has 3 aliphatic heterocycles. The van der Waals surface area contributed by atoms with E-state index < -0.39 is 84.9 Å². The van der Waals surface area contributed by atoms with Gasteiger partial charge in [-0.05, 0) is 29.5 Å². The molecular formula is C28H31FN11O11PS2. The molecule has 0 bridgehead atoms. The Labute approximate surface area is 308 Å². The van der Waals surface area contributed by atoms with Gasteiger partial charge < -0.3 is 39.8 Å². The summed E-state index contributed by atoms with van der Waals surface area (Å²) in [6.07, 6.45) is -8.24. The molecule has 7 N–H and O–H groups in total. The van der Waals surface area contributed by atoms with Crippen LogP contribution in [0.2, 0.25) is 0 Å². The molecule has 3 saturated heterocycles. The normalized spacial score (nSPS) is 31.5. The Morgan fingerprint density at radius 2 is 1.76 bits per heavy atom. The molecule has 0 aliphatic carbocycles. The van der Waals surface area contributed by atoms with E-state index in [1.807, 2.05) is 0 Å². The van der Waals surface area contributed by atoms with E-state index in [0.717, 1.165) is 16.5 Å². The lowest BCUT2D eigenvalue weighted by atomic mass is 10.1. The first kappa shape index (κ1) is 36.7. The fourth-order valence-corrected chi connectivity index (χ4v) is 8.78. The number of nitrogen functional groups attached to an aromatic ring is 2. The van der Waals surface area contributed by atoms with Gasteiger partial charge in [0, 0.05) is 6.54 Å². The minimum Gasteiger partial charge on any atom is -0.497 e. The van der Waals surface area contributed by atoms with Crippen LogP contribution in [0, 0.1) is 0 Å². The van der Waals surface area contributed by atoms with Gasteiger partial charge in [-0.3, -0.25) is 23.4 Å². The number of rotatable bonds is 6. The first-order valence-electron chi connectivity index (χ1n) is 16.0. The van der Waals surface area contributed by atoms with Crippen molar-refractivity contribution in [1.29, 1.82) is 0 Å². The molecule has 2 unspecified atom stereocenters. The zero-order valence-electron chi connectivity index (χ0n) is 27.7. The number of hydrogen-bond donors (Lipinski definition) is 5. The topological polar surface area (TPSA) is 290 Å². The molecule has 4 aromatic heterocycles. The Balaban J connectivity index is 1.11. The molecule has 0 radical (unpaired) electrons. The number of imidazole rings is 2. The number of fused-ring (bicyclic) bond motifs is 4. The van der Waals surface area contributed by atoms with Crippen LogP contribution >= 0.6 is 6.72 Å². The highest BCUT2D eigenvalue weighted by Crippen LogP contribution is 2.51. The molecule has 0 spiro atoms. The lowest BCUT2D eigenvalue weighted by molar-refractivity contribution is -0.0730. The first-order valence-corrected chi connectivity index (χ1v) is 20.0. The highest BCUT2D eigenvalue weighted by Gasteiger charge is 2.53. The van der Waals surface area contributed by atoms with E-state index in [9.17, 15) is 18.1 Å². The monoisotopic (exact) mass is 811 g/mol. The molecule has 9 atom stereocenters. The summed E-state index contributed by atoms with van der Waals surface area (Å²) in [5.41, 5.74) is 11.9. The van der Waals surface area contributed by atoms with Crippen LogP contribution in [0.4, 0.5) is 16.2 Å². The summed E-state index contributed by atoms with van der Waals surface area (Å²) in [7, 11) is -3.24. The fourth-order valence-electron chi connectivity index (χ4n) is 6.38. The average molecular weight is 812 g/mol. The Bertz CT molecular complexity index is 2420. The third-order valence-electron chi connectivity index (χ3n) is 8.90. The number of alkyl halides is 1. The molecule has 0 amide bonds. The van der Waals surface area contributed by atoms with Gasteiger partial charge in [-0.1, -0.05) is 12.1 Å². The molecule has 8 rings (SSSR count). The minimum atomic E-state index is -4.77. The lowest BCUT2D eigenvalue weighted by Crippen LogP contribution is -2.45. The van der Waals surface area contributed by atoms with E-state index in [4.69, 9.17) is 55.5 Å². The predicted octanol–water partition coefficient (Wildman–Crippen LogP) is -0.297. The van der Waals surface area contributed by atoms with Crippen molar-refractivity contribution in [3.8, 4) is 5.75 Å². The van der Waals surface area contributed by atoms with Gasteiger partial charge in [-0.25, -0.2) is 28.5 Å². The van der Waals surface area contributed by atoms with Crippen LogP contribution < -0.4 is 26.5 Å². The Kier molecular flexibility index (Phi) is 9.58. The van der Waals surface area contributed by atoms with Crippen molar-refractivity contribution in [3.05, 3.63) is 59.2 Å². The van der Waals surface area contributed by atoms with Gasteiger partial charge in [-0.2, -0.15) is 18.1 Å². The highest BCUT2D eigenvalue weighted by atomic mass is 32.5. The summed E-state index contributed by atoms with van der Waals surface area (Å²) >= 11 is 5.41. The summed E-state index contributed by atoms with van der Waals surface area (Å²) in [4.78, 5) is 46.6. The SMILES string of the molecule is COc1ccc(COC2[C@H](n3cnc4c(N)ncnc43)O[C@@H]3CNS(=O)(=O)O[C@H]4[C@@H](F)[C@H](n5cnc6c(=O)[nH]c(N)nc65)O[C@@H]4COP(O)(=S)O[C@@H]23)cc1. The van der Waals surface area contributed by atoms with Gasteiger partial charge in [0.05, 0.1) is 33.0 Å². The van der Waals surface area contributed by atoms with E-state index in [2.05, 4.69) is 34.6 Å². The van der Waals surface area contributed by atoms with Crippen LogP contribution in [0.15, 0.2) is 48.0 Å². The number of H-pyrrole nitrogens is 1. The van der Waals surface area contributed by atoms with E-state index in [0.29, 0.717) is 5.75 Å². The van der Waals surface area contributed by atoms with Crippen LogP contribution in [0.3, 0.4) is 0 Å². The molecule has 0 saturated carbocycles. The molecule has 1 aromatic carbocycles. The largest absolute Gasteiger partial charge is 0.497 e.